The number of nitro groups is 1. The van der Waals surface area contributed by atoms with Crippen LogP contribution in [0.15, 0.2) is 18.2 Å². The van der Waals surface area contributed by atoms with E-state index in [9.17, 15) is 20.0 Å². The average Bonchev–Trinajstić information content (AvgIpc) is 2.76. The predicted octanol–water partition coefficient (Wildman–Crippen LogP) is 3.04. The van der Waals surface area contributed by atoms with Gasteiger partial charge in [0.2, 0.25) is 5.91 Å². The second-order valence-corrected chi connectivity index (χ2v) is 5.89. The number of halogens is 1. The predicted molar refractivity (Wildman–Crippen MR) is 89.3 cm³/mol. The van der Waals surface area contributed by atoms with E-state index < -0.39 is 10.8 Å². The summed E-state index contributed by atoms with van der Waals surface area (Å²) in [6.45, 7) is 5.63. The van der Waals surface area contributed by atoms with E-state index in [2.05, 4.69) is 10.4 Å². The monoisotopic (exact) mass is 352 g/mol. The van der Waals surface area contributed by atoms with Gasteiger partial charge < -0.3 is 10.4 Å². The molecule has 1 atom stereocenters. The van der Waals surface area contributed by atoms with Gasteiger partial charge in [-0.15, -0.1) is 0 Å². The molecule has 0 aliphatic carbocycles. The molecule has 0 aliphatic heterocycles. The van der Waals surface area contributed by atoms with Gasteiger partial charge in [0.1, 0.15) is 5.75 Å². The minimum Gasteiger partial charge on any atom is -0.506 e. The fourth-order valence-electron chi connectivity index (χ4n) is 2.19. The summed E-state index contributed by atoms with van der Waals surface area (Å²) in [5, 5.41) is 27.8. The van der Waals surface area contributed by atoms with Crippen molar-refractivity contribution in [3.8, 4) is 5.75 Å². The molecule has 0 spiro atoms. The lowest BCUT2D eigenvalue weighted by atomic mass is 10.1. The minimum absolute atomic E-state index is 0.115. The molecule has 0 aliphatic rings. The van der Waals surface area contributed by atoms with Crippen LogP contribution in [0.5, 0.6) is 5.75 Å². The van der Waals surface area contributed by atoms with E-state index in [0.717, 1.165) is 11.8 Å². The summed E-state index contributed by atoms with van der Waals surface area (Å²) in [5.74, 6) is -1.16. The number of anilines is 1. The molecule has 2 aromatic rings. The largest absolute Gasteiger partial charge is 0.506 e. The molecule has 0 bridgehead atoms. The van der Waals surface area contributed by atoms with E-state index in [0.29, 0.717) is 17.3 Å². The third-order valence-electron chi connectivity index (χ3n) is 3.64. The minimum atomic E-state index is -0.624. The summed E-state index contributed by atoms with van der Waals surface area (Å²) < 4.78 is 1.65. The molecule has 0 fully saturated rings. The van der Waals surface area contributed by atoms with Gasteiger partial charge in [-0.3, -0.25) is 19.6 Å². The Hall–Kier alpha value is -2.61. The Morgan fingerprint density at radius 3 is 2.67 bits per heavy atom. The Morgan fingerprint density at radius 1 is 1.50 bits per heavy atom. The van der Waals surface area contributed by atoms with E-state index in [1.54, 1.807) is 18.5 Å². The number of non-ortho nitro benzene ring substituents is 1. The first-order valence-electron chi connectivity index (χ1n) is 7.18. The highest BCUT2D eigenvalue weighted by Gasteiger charge is 2.19. The van der Waals surface area contributed by atoms with E-state index in [1.807, 2.05) is 6.92 Å². The van der Waals surface area contributed by atoms with Crippen molar-refractivity contribution in [1.82, 2.24) is 9.78 Å². The maximum atomic E-state index is 12.3. The molecular formula is C15H17ClN4O4. The first kappa shape index (κ1) is 17.7. The van der Waals surface area contributed by atoms with Crippen LogP contribution in [0.3, 0.4) is 0 Å². The van der Waals surface area contributed by atoms with Crippen molar-refractivity contribution in [1.29, 1.82) is 0 Å². The van der Waals surface area contributed by atoms with Crippen molar-refractivity contribution >= 4 is 28.9 Å². The van der Waals surface area contributed by atoms with Crippen LogP contribution in [0.2, 0.25) is 5.02 Å². The quantitative estimate of drug-likeness (QED) is 0.488. The molecule has 1 amide bonds. The normalized spacial score (nSPS) is 12.0. The van der Waals surface area contributed by atoms with Crippen molar-refractivity contribution in [2.45, 2.75) is 27.3 Å². The van der Waals surface area contributed by atoms with E-state index in [-0.39, 0.29) is 23.0 Å². The molecule has 9 heteroatoms. The third kappa shape index (κ3) is 3.65. The number of aromatic nitrogens is 2. The number of nitrogens with zero attached hydrogens (tertiary/aromatic N) is 3. The molecule has 2 rings (SSSR count). The van der Waals surface area contributed by atoms with Crippen LogP contribution in [0.25, 0.3) is 0 Å². The molecule has 8 nitrogen and oxygen atoms in total. The number of phenolic OH excluding ortho intramolecular Hbond substituents is 1. The summed E-state index contributed by atoms with van der Waals surface area (Å²) in [4.78, 5) is 22.3. The lowest BCUT2D eigenvalue weighted by Gasteiger charge is -2.14. The molecular weight excluding hydrogens is 336 g/mol. The Balaban J connectivity index is 2.09. The highest BCUT2D eigenvalue weighted by Crippen LogP contribution is 2.28. The average molecular weight is 353 g/mol. The van der Waals surface area contributed by atoms with Crippen LogP contribution in [-0.2, 0) is 11.3 Å². The zero-order valence-corrected chi connectivity index (χ0v) is 14.2. The number of aromatic hydroxyl groups is 1. The van der Waals surface area contributed by atoms with Gasteiger partial charge >= 0.3 is 0 Å². The number of carbonyl (C=O) groups excluding carboxylic acids is 1. The van der Waals surface area contributed by atoms with Crippen LogP contribution in [-0.4, -0.2) is 25.7 Å². The fourth-order valence-corrected chi connectivity index (χ4v) is 2.33. The smallest absolute Gasteiger partial charge is 0.273 e. The number of nitro benzene ring substituents is 1. The van der Waals surface area contributed by atoms with Gasteiger partial charge in [-0.2, -0.15) is 5.10 Å². The number of hydrogen-bond acceptors (Lipinski definition) is 5. The molecule has 128 valence electrons. The molecule has 24 heavy (non-hydrogen) atoms. The summed E-state index contributed by atoms with van der Waals surface area (Å²) >= 11 is 6.08. The van der Waals surface area contributed by atoms with Crippen molar-refractivity contribution in [3.63, 3.8) is 0 Å². The number of benzene rings is 1. The highest BCUT2D eigenvalue weighted by molar-refractivity contribution is 6.31. The molecule has 0 saturated heterocycles. The van der Waals surface area contributed by atoms with Gasteiger partial charge in [-0.05, 0) is 19.9 Å². The number of aryl methyl sites for hydroxylation is 1. The van der Waals surface area contributed by atoms with Crippen molar-refractivity contribution < 1.29 is 14.8 Å². The van der Waals surface area contributed by atoms with Gasteiger partial charge in [-0.25, -0.2) is 0 Å². The summed E-state index contributed by atoms with van der Waals surface area (Å²) in [5.41, 5.74) is 1.32. The van der Waals surface area contributed by atoms with Crippen molar-refractivity contribution in [3.05, 3.63) is 44.7 Å². The highest BCUT2D eigenvalue weighted by atomic mass is 35.5. The molecule has 1 heterocycles. The number of amides is 1. The second-order valence-electron chi connectivity index (χ2n) is 5.52. The molecule has 1 aromatic carbocycles. The van der Waals surface area contributed by atoms with Gasteiger partial charge in [-0.1, -0.05) is 18.5 Å². The lowest BCUT2D eigenvalue weighted by molar-refractivity contribution is -0.384. The summed E-state index contributed by atoms with van der Waals surface area (Å²) in [6, 6.07) is 3.49. The standard InChI is InChI=1S/C15H17ClN4O4/c1-8(7-19-10(3)14(16)9(2)18-19)15(22)17-12-5-4-11(20(23)24)6-13(12)21/h4-6,8,21H,7H2,1-3H3,(H,17,22). The number of carbonyl (C=O) groups is 1. The van der Waals surface area contributed by atoms with Crippen LogP contribution >= 0.6 is 11.6 Å². The first-order chi connectivity index (χ1) is 11.2. The number of rotatable bonds is 5. The SMILES string of the molecule is Cc1nn(CC(C)C(=O)Nc2ccc([N+](=O)[O-])cc2O)c(C)c1Cl. The van der Waals surface area contributed by atoms with E-state index in [4.69, 9.17) is 11.6 Å². The zero-order chi connectivity index (χ0) is 18.0. The van der Waals surface area contributed by atoms with Gasteiger partial charge in [0.15, 0.2) is 0 Å². The van der Waals surface area contributed by atoms with Crippen LogP contribution in [0, 0.1) is 29.9 Å². The molecule has 2 N–H and O–H groups in total. The first-order valence-corrected chi connectivity index (χ1v) is 7.56. The topological polar surface area (TPSA) is 110 Å². The summed E-state index contributed by atoms with van der Waals surface area (Å²) in [6.07, 6.45) is 0. The second kappa shape index (κ2) is 6.88. The van der Waals surface area contributed by atoms with Crippen LogP contribution in [0.4, 0.5) is 11.4 Å². The molecule has 0 saturated carbocycles. The van der Waals surface area contributed by atoms with Gasteiger partial charge in [0.05, 0.1) is 45.6 Å². The fraction of sp³-hybridized carbons (Fsp3) is 0.333. The number of nitrogens with one attached hydrogen (secondary N) is 1. The molecule has 1 aromatic heterocycles. The maximum absolute atomic E-state index is 12.3. The Bertz CT molecular complexity index is 803. The van der Waals surface area contributed by atoms with Crippen molar-refractivity contribution in [2.24, 2.45) is 5.92 Å². The number of phenols is 1. The van der Waals surface area contributed by atoms with Crippen LogP contribution in [0.1, 0.15) is 18.3 Å². The van der Waals surface area contributed by atoms with Crippen LogP contribution < -0.4 is 5.32 Å². The Kier molecular flexibility index (Phi) is 5.08. The Labute approximate surface area is 143 Å². The van der Waals surface area contributed by atoms with E-state index in [1.165, 1.54) is 12.1 Å². The zero-order valence-electron chi connectivity index (χ0n) is 13.4. The maximum Gasteiger partial charge on any atom is 0.273 e. The lowest BCUT2D eigenvalue weighted by Crippen LogP contribution is -2.25. The van der Waals surface area contributed by atoms with Gasteiger partial charge in [0.25, 0.3) is 5.69 Å². The van der Waals surface area contributed by atoms with Crippen molar-refractivity contribution in [2.75, 3.05) is 5.32 Å². The number of hydrogen-bond donors (Lipinski definition) is 2. The molecule has 0 radical (unpaired) electrons. The van der Waals surface area contributed by atoms with Gasteiger partial charge in [0, 0.05) is 6.07 Å². The summed E-state index contributed by atoms with van der Waals surface area (Å²) in [7, 11) is 0. The molecule has 1 unspecified atom stereocenters. The third-order valence-corrected chi connectivity index (χ3v) is 4.18. The van der Waals surface area contributed by atoms with E-state index >= 15 is 0 Å². The Morgan fingerprint density at radius 2 is 2.17 bits per heavy atom.